The quantitative estimate of drug-likeness (QED) is 0.390. The molecule has 2 N–H and O–H groups in total. The molecule has 1 heterocycles. The highest BCUT2D eigenvalue weighted by atomic mass is 16.6. The van der Waals surface area contributed by atoms with Crippen molar-refractivity contribution in [3.63, 3.8) is 0 Å². The fourth-order valence-electron chi connectivity index (χ4n) is 4.33. The number of nitrogens with one attached hydrogen (secondary N) is 2. The number of hydrogen-bond acceptors (Lipinski definition) is 8. The highest BCUT2D eigenvalue weighted by Gasteiger charge is 2.22. The number of anilines is 2. The molecule has 1 aliphatic carbocycles. The summed E-state index contributed by atoms with van der Waals surface area (Å²) >= 11 is 0. The fourth-order valence-corrected chi connectivity index (χ4v) is 4.33. The Morgan fingerprint density at radius 3 is 2.52 bits per heavy atom. The minimum Gasteiger partial charge on any atom is -0.490 e. The largest absolute Gasteiger partial charge is 0.490 e. The molecule has 4 rings (SSSR count). The van der Waals surface area contributed by atoms with E-state index >= 15 is 0 Å². The molecule has 2 aromatic carbocycles. The number of ether oxygens (including phenoxy) is 1. The summed E-state index contributed by atoms with van der Waals surface area (Å²) in [6.45, 7) is 0.650. The van der Waals surface area contributed by atoms with Crippen molar-refractivity contribution in [3.05, 3.63) is 58.1 Å². The number of benzene rings is 2. The van der Waals surface area contributed by atoms with E-state index in [4.69, 9.17) is 14.7 Å². The fraction of sp³-hybridized carbons (Fsp3) is 0.417. The summed E-state index contributed by atoms with van der Waals surface area (Å²) in [7, 11) is 5.44. The van der Waals surface area contributed by atoms with Crippen LogP contribution in [0.3, 0.4) is 0 Å². The van der Waals surface area contributed by atoms with Crippen molar-refractivity contribution in [1.82, 2.24) is 15.3 Å². The summed E-state index contributed by atoms with van der Waals surface area (Å²) in [5, 5.41) is 19.2. The molecule has 1 fully saturated rings. The van der Waals surface area contributed by atoms with Gasteiger partial charge in [-0.1, -0.05) is 18.2 Å². The molecule has 174 valence electrons. The Kier molecular flexibility index (Phi) is 6.88. The molecule has 0 radical (unpaired) electrons. The van der Waals surface area contributed by atoms with Gasteiger partial charge in [-0.2, -0.15) is 4.98 Å². The number of rotatable bonds is 8. The van der Waals surface area contributed by atoms with E-state index in [-0.39, 0.29) is 5.69 Å². The van der Waals surface area contributed by atoms with Crippen LogP contribution < -0.4 is 20.3 Å². The normalized spacial score (nSPS) is 18.2. The van der Waals surface area contributed by atoms with E-state index < -0.39 is 4.92 Å². The Balaban J connectivity index is 1.33. The van der Waals surface area contributed by atoms with E-state index in [2.05, 4.69) is 10.6 Å². The minimum absolute atomic E-state index is 0.0128. The molecule has 0 spiro atoms. The van der Waals surface area contributed by atoms with E-state index in [9.17, 15) is 10.1 Å². The highest BCUT2D eigenvalue weighted by Crippen LogP contribution is 2.29. The number of methoxy groups -OCH3 is 1. The van der Waals surface area contributed by atoms with Crippen LogP contribution in [0.4, 0.5) is 17.5 Å². The maximum atomic E-state index is 11.1. The Morgan fingerprint density at radius 1 is 1.09 bits per heavy atom. The number of nitro groups is 1. The molecule has 1 aliphatic rings. The standard InChI is InChI=1S/C24H30N6O3/c1-29(2)23-19-6-4-5-7-20(19)27-24(28-23)26-18-11-9-17(10-12-18)25-15-16-8-13-21(30(31)32)22(14-16)33-3/h4-8,13-14,17-18,25H,9-12,15H2,1-3H3,(H,26,27,28)/t17-,18+. The molecular weight excluding hydrogens is 420 g/mol. The molecule has 0 saturated heterocycles. The van der Waals surface area contributed by atoms with Gasteiger partial charge in [0.15, 0.2) is 5.75 Å². The van der Waals surface area contributed by atoms with Crippen molar-refractivity contribution < 1.29 is 9.66 Å². The van der Waals surface area contributed by atoms with Crippen LogP contribution in [0.2, 0.25) is 0 Å². The van der Waals surface area contributed by atoms with Gasteiger partial charge in [-0.15, -0.1) is 0 Å². The molecule has 0 aliphatic heterocycles. The highest BCUT2D eigenvalue weighted by molar-refractivity contribution is 5.90. The molecule has 9 heteroatoms. The molecule has 3 aromatic rings. The smallest absolute Gasteiger partial charge is 0.310 e. The van der Waals surface area contributed by atoms with Gasteiger partial charge in [0, 0.05) is 44.2 Å². The van der Waals surface area contributed by atoms with Crippen LogP contribution >= 0.6 is 0 Å². The van der Waals surface area contributed by atoms with Gasteiger partial charge in [-0.3, -0.25) is 10.1 Å². The van der Waals surface area contributed by atoms with Gasteiger partial charge in [-0.25, -0.2) is 4.98 Å². The van der Waals surface area contributed by atoms with Gasteiger partial charge in [-0.05, 0) is 49.4 Å². The van der Waals surface area contributed by atoms with Gasteiger partial charge < -0.3 is 20.3 Å². The van der Waals surface area contributed by atoms with Crippen LogP contribution in [0.15, 0.2) is 42.5 Å². The lowest BCUT2D eigenvalue weighted by molar-refractivity contribution is -0.385. The lowest BCUT2D eigenvalue weighted by Crippen LogP contribution is -2.37. The van der Waals surface area contributed by atoms with Crippen LogP contribution in [0.1, 0.15) is 31.2 Å². The first-order valence-corrected chi connectivity index (χ1v) is 11.2. The molecular formula is C24H30N6O3. The van der Waals surface area contributed by atoms with Gasteiger partial charge in [0.1, 0.15) is 5.82 Å². The molecule has 33 heavy (non-hydrogen) atoms. The lowest BCUT2D eigenvalue weighted by Gasteiger charge is -2.30. The maximum absolute atomic E-state index is 11.1. The second-order valence-electron chi connectivity index (χ2n) is 8.62. The van der Waals surface area contributed by atoms with Crippen molar-refractivity contribution in [2.24, 2.45) is 0 Å². The van der Waals surface area contributed by atoms with Gasteiger partial charge >= 0.3 is 5.69 Å². The van der Waals surface area contributed by atoms with Gasteiger partial charge in [0.25, 0.3) is 0 Å². The average molecular weight is 451 g/mol. The number of hydrogen-bond donors (Lipinski definition) is 2. The van der Waals surface area contributed by atoms with E-state index in [1.807, 2.05) is 43.3 Å². The van der Waals surface area contributed by atoms with Crippen LogP contribution in [0.25, 0.3) is 10.9 Å². The molecule has 0 unspecified atom stereocenters. The maximum Gasteiger partial charge on any atom is 0.310 e. The van der Waals surface area contributed by atoms with Crippen LogP contribution in [-0.4, -0.2) is 48.2 Å². The Bertz CT molecular complexity index is 1130. The van der Waals surface area contributed by atoms with Crippen molar-refractivity contribution in [2.45, 2.75) is 44.3 Å². The molecule has 0 atom stereocenters. The Labute approximate surface area is 193 Å². The van der Waals surface area contributed by atoms with E-state index in [0.717, 1.165) is 48.0 Å². The molecule has 9 nitrogen and oxygen atoms in total. The van der Waals surface area contributed by atoms with Crippen molar-refractivity contribution in [1.29, 1.82) is 0 Å². The summed E-state index contributed by atoms with van der Waals surface area (Å²) in [6.07, 6.45) is 4.12. The van der Waals surface area contributed by atoms with Gasteiger partial charge in [0.05, 0.1) is 17.5 Å². The zero-order chi connectivity index (χ0) is 23.4. The SMILES string of the molecule is COc1cc(CN[C@H]2CC[C@@H](Nc3nc(N(C)C)c4ccccc4n3)CC2)ccc1[N+](=O)[O-]. The summed E-state index contributed by atoms with van der Waals surface area (Å²) in [5.41, 5.74) is 1.90. The van der Waals surface area contributed by atoms with E-state index in [1.54, 1.807) is 12.1 Å². The summed E-state index contributed by atoms with van der Waals surface area (Å²) in [6, 6.07) is 13.8. The van der Waals surface area contributed by atoms with E-state index in [0.29, 0.717) is 30.3 Å². The molecule has 1 saturated carbocycles. The minimum atomic E-state index is -0.426. The first-order valence-electron chi connectivity index (χ1n) is 11.2. The lowest BCUT2D eigenvalue weighted by atomic mass is 9.91. The predicted molar refractivity (Wildman–Crippen MR) is 130 cm³/mol. The van der Waals surface area contributed by atoms with Crippen molar-refractivity contribution in [3.8, 4) is 5.75 Å². The second kappa shape index (κ2) is 9.99. The summed E-state index contributed by atoms with van der Waals surface area (Å²) in [5.74, 6) is 1.88. The molecule has 0 bridgehead atoms. The van der Waals surface area contributed by atoms with Gasteiger partial charge in [0.2, 0.25) is 5.95 Å². The second-order valence-corrected chi connectivity index (χ2v) is 8.62. The van der Waals surface area contributed by atoms with Crippen molar-refractivity contribution in [2.75, 3.05) is 31.4 Å². The number of nitrogens with zero attached hydrogens (tertiary/aromatic N) is 4. The zero-order valence-electron chi connectivity index (χ0n) is 19.2. The predicted octanol–water partition coefficient (Wildman–Crippen LogP) is 4.13. The molecule has 0 amide bonds. The monoisotopic (exact) mass is 450 g/mol. The third kappa shape index (κ3) is 5.31. The van der Waals surface area contributed by atoms with Crippen LogP contribution in [0, 0.1) is 10.1 Å². The number of aromatic nitrogens is 2. The Hall–Kier alpha value is -3.46. The van der Waals surface area contributed by atoms with E-state index in [1.165, 1.54) is 13.2 Å². The summed E-state index contributed by atoms with van der Waals surface area (Å²) < 4.78 is 5.17. The van der Waals surface area contributed by atoms with Crippen LogP contribution in [-0.2, 0) is 6.54 Å². The number of fused-ring (bicyclic) bond motifs is 1. The summed E-state index contributed by atoms with van der Waals surface area (Å²) in [4.78, 5) is 22.1. The zero-order valence-corrected chi connectivity index (χ0v) is 19.2. The average Bonchev–Trinajstić information content (AvgIpc) is 2.82. The first-order chi connectivity index (χ1) is 15.9. The Morgan fingerprint density at radius 2 is 1.82 bits per heavy atom. The number of para-hydroxylation sites is 1. The third-order valence-electron chi connectivity index (χ3n) is 6.10. The number of nitro benzene ring substituents is 1. The topological polar surface area (TPSA) is 105 Å². The molecule has 1 aromatic heterocycles. The first kappa shape index (κ1) is 22.7. The van der Waals surface area contributed by atoms with Crippen LogP contribution in [0.5, 0.6) is 5.75 Å². The third-order valence-corrected chi connectivity index (χ3v) is 6.10. The van der Waals surface area contributed by atoms with Crippen molar-refractivity contribution >= 4 is 28.4 Å².